The minimum absolute atomic E-state index is 0.0202. The average molecular weight is 430 g/mol. The first kappa shape index (κ1) is 21.5. The molecule has 158 valence electrons. The highest BCUT2D eigenvalue weighted by Gasteiger charge is 2.37. The monoisotopic (exact) mass is 430 g/mol. The maximum atomic E-state index is 13.4. The molecule has 1 fully saturated rings. The van der Waals surface area contributed by atoms with Crippen molar-refractivity contribution in [3.8, 4) is 0 Å². The number of anilines is 2. The zero-order chi connectivity index (χ0) is 21.2. The van der Waals surface area contributed by atoms with E-state index >= 15 is 0 Å². The molecule has 1 aliphatic rings. The molecule has 1 saturated heterocycles. The van der Waals surface area contributed by atoms with Gasteiger partial charge in [0.1, 0.15) is 0 Å². The third-order valence-electron chi connectivity index (χ3n) is 4.76. The van der Waals surface area contributed by atoms with Gasteiger partial charge in [0, 0.05) is 31.0 Å². The van der Waals surface area contributed by atoms with E-state index in [1.54, 1.807) is 6.92 Å². The normalized spacial score (nSPS) is 16.0. The summed E-state index contributed by atoms with van der Waals surface area (Å²) >= 11 is 0. The molecule has 2 aromatic rings. The number of ether oxygens (including phenoxy) is 1. The van der Waals surface area contributed by atoms with Gasteiger partial charge < -0.3 is 10.1 Å². The van der Waals surface area contributed by atoms with E-state index in [1.807, 2.05) is 0 Å². The second kappa shape index (κ2) is 8.25. The van der Waals surface area contributed by atoms with Crippen LogP contribution in [0.1, 0.15) is 35.6 Å². The van der Waals surface area contributed by atoms with Crippen molar-refractivity contribution in [3.05, 3.63) is 41.2 Å². The maximum absolute atomic E-state index is 13.4. The second-order valence-electron chi connectivity index (χ2n) is 6.69. The van der Waals surface area contributed by atoms with Crippen molar-refractivity contribution in [1.82, 2.24) is 14.7 Å². The highest BCUT2D eigenvalue weighted by molar-refractivity contribution is 7.89. The van der Waals surface area contributed by atoms with Crippen LogP contribution in [0, 0.1) is 6.92 Å². The first-order valence-electron chi connectivity index (χ1n) is 8.95. The van der Waals surface area contributed by atoms with Gasteiger partial charge in [0.15, 0.2) is 0 Å². The van der Waals surface area contributed by atoms with Crippen LogP contribution >= 0.6 is 0 Å². The molecule has 1 aromatic heterocycles. The molecule has 11 heteroatoms. The molecular weight excluding hydrogens is 409 g/mol. The molecule has 0 bridgehead atoms. The van der Waals surface area contributed by atoms with Gasteiger partial charge in [-0.15, -0.1) is 0 Å². The first-order valence-corrected chi connectivity index (χ1v) is 10.4. The van der Waals surface area contributed by atoms with Crippen LogP contribution in [-0.2, 0) is 20.9 Å². The van der Waals surface area contributed by atoms with E-state index in [4.69, 9.17) is 4.74 Å². The number of hydrogen-bond donors (Lipinski definition) is 2. The number of rotatable bonds is 5. The number of halogens is 3. The fraction of sp³-hybridized carbons (Fsp3) is 0.444. The number of alkyl halides is 3. The molecule has 0 unspecified atom stereocenters. The van der Waals surface area contributed by atoms with Crippen LogP contribution in [0.3, 0.4) is 0 Å². The summed E-state index contributed by atoms with van der Waals surface area (Å²) in [7, 11) is -2.29. The molecule has 2 N–H and O–H groups in total. The molecule has 2 heterocycles. The molecule has 29 heavy (non-hydrogen) atoms. The van der Waals surface area contributed by atoms with Crippen molar-refractivity contribution in [2.24, 2.45) is 0 Å². The quantitative estimate of drug-likeness (QED) is 0.756. The van der Waals surface area contributed by atoms with E-state index in [0.717, 1.165) is 6.20 Å². The summed E-state index contributed by atoms with van der Waals surface area (Å²) in [6, 6.07) is 4.37. The second-order valence-corrected chi connectivity index (χ2v) is 8.57. The Labute approximate surface area is 166 Å². The summed E-state index contributed by atoms with van der Waals surface area (Å²) in [4.78, 5) is 8.06. The Hall–Kier alpha value is -2.24. The van der Waals surface area contributed by atoms with Gasteiger partial charge in [0.2, 0.25) is 16.0 Å². The third kappa shape index (κ3) is 4.85. The Morgan fingerprint density at radius 2 is 1.90 bits per heavy atom. The van der Waals surface area contributed by atoms with Gasteiger partial charge in [0.25, 0.3) is 0 Å². The highest BCUT2D eigenvalue weighted by Crippen LogP contribution is 2.37. The minimum Gasteiger partial charge on any atom is -0.381 e. The summed E-state index contributed by atoms with van der Waals surface area (Å²) in [5.74, 6) is -0.347. The van der Waals surface area contributed by atoms with Gasteiger partial charge in [-0.1, -0.05) is 0 Å². The zero-order valence-corrected chi connectivity index (χ0v) is 16.7. The van der Waals surface area contributed by atoms with E-state index in [9.17, 15) is 21.6 Å². The van der Waals surface area contributed by atoms with E-state index in [0.29, 0.717) is 37.3 Å². The smallest absolute Gasteiger partial charge is 0.381 e. The molecule has 0 radical (unpaired) electrons. The van der Waals surface area contributed by atoms with Crippen LogP contribution < -0.4 is 10.0 Å². The molecule has 0 spiro atoms. The molecule has 1 aromatic carbocycles. The standard InChI is InChI=1S/C18H21F3N4O3S/c1-11-9-13(29(26,27)22-2)3-4-15(11)24-17-23-10-14(18(19,20)21)16(25-17)12-5-7-28-8-6-12/h3-4,9-10,12,22H,5-8H2,1-2H3,(H,23,24,25). The fourth-order valence-corrected chi connectivity index (χ4v) is 3.95. The largest absolute Gasteiger partial charge is 0.419 e. The van der Waals surface area contributed by atoms with Crippen molar-refractivity contribution in [1.29, 1.82) is 0 Å². The maximum Gasteiger partial charge on any atom is 0.419 e. The van der Waals surface area contributed by atoms with Crippen LogP contribution in [-0.4, -0.2) is 38.6 Å². The number of aromatic nitrogens is 2. The molecule has 0 amide bonds. The minimum atomic E-state index is -4.55. The molecule has 0 aliphatic carbocycles. The van der Waals surface area contributed by atoms with Crippen molar-refractivity contribution < 1.29 is 26.3 Å². The molecule has 3 rings (SSSR count). The summed E-state index contributed by atoms with van der Waals surface area (Å²) < 4.78 is 71.5. The Balaban J connectivity index is 1.94. The lowest BCUT2D eigenvalue weighted by Crippen LogP contribution is -2.21. The predicted molar refractivity (Wildman–Crippen MR) is 101 cm³/mol. The number of nitrogens with zero attached hydrogens (tertiary/aromatic N) is 2. The SMILES string of the molecule is CNS(=O)(=O)c1ccc(Nc2ncc(C(F)(F)F)c(C3CCOCC3)n2)c(C)c1. The number of aryl methyl sites for hydroxylation is 1. The lowest BCUT2D eigenvalue weighted by Gasteiger charge is -2.24. The topological polar surface area (TPSA) is 93.2 Å². The Morgan fingerprint density at radius 3 is 2.48 bits per heavy atom. The zero-order valence-electron chi connectivity index (χ0n) is 15.9. The summed E-state index contributed by atoms with van der Waals surface area (Å²) in [5, 5.41) is 2.89. The van der Waals surface area contributed by atoms with Gasteiger partial charge in [-0.3, -0.25) is 0 Å². The summed E-state index contributed by atoms with van der Waals surface area (Å²) in [5.41, 5.74) is 0.183. The number of hydrogen-bond acceptors (Lipinski definition) is 6. The van der Waals surface area contributed by atoms with Crippen molar-refractivity contribution in [3.63, 3.8) is 0 Å². The lowest BCUT2D eigenvalue weighted by molar-refractivity contribution is -0.139. The molecule has 0 atom stereocenters. The van der Waals surface area contributed by atoms with Gasteiger partial charge >= 0.3 is 6.18 Å². The number of sulfonamides is 1. The fourth-order valence-electron chi connectivity index (χ4n) is 3.14. The van der Waals surface area contributed by atoms with Crippen LogP contribution in [0.15, 0.2) is 29.3 Å². The van der Waals surface area contributed by atoms with E-state index in [1.165, 1.54) is 25.2 Å². The molecule has 7 nitrogen and oxygen atoms in total. The molecule has 0 saturated carbocycles. The lowest BCUT2D eigenvalue weighted by atomic mass is 9.93. The van der Waals surface area contributed by atoms with E-state index in [2.05, 4.69) is 20.0 Å². The first-order chi connectivity index (χ1) is 13.6. The van der Waals surface area contributed by atoms with Gasteiger partial charge in [-0.2, -0.15) is 13.2 Å². The molecular formula is C18H21F3N4O3S. The third-order valence-corrected chi connectivity index (χ3v) is 6.17. The van der Waals surface area contributed by atoms with Gasteiger partial charge in [-0.25, -0.2) is 23.1 Å². The average Bonchev–Trinajstić information content (AvgIpc) is 2.69. The Morgan fingerprint density at radius 1 is 1.21 bits per heavy atom. The van der Waals surface area contributed by atoms with Gasteiger partial charge in [0.05, 0.1) is 16.2 Å². The number of nitrogens with one attached hydrogen (secondary N) is 2. The van der Waals surface area contributed by atoms with Crippen LogP contribution in [0.5, 0.6) is 0 Å². The summed E-state index contributed by atoms with van der Waals surface area (Å²) in [6.07, 6.45) is -2.86. The summed E-state index contributed by atoms with van der Waals surface area (Å²) in [6.45, 7) is 2.45. The van der Waals surface area contributed by atoms with Gasteiger partial charge in [-0.05, 0) is 50.6 Å². The van der Waals surface area contributed by atoms with Crippen LogP contribution in [0.25, 0.3) is 0 Å². The van der Waals surface area contributed by atoms with E-state index < -0.39 is 21.8 Å². The van der Waals surface area contributed by atoms with Crippen molar-refractivity contribution in [2.75, 3.05) is 25.6 Å². The van der Waals surface area contributed by atoms with Crippen LogP contribution in [0.2, 0.25) is 0 Å². The van der Waals surface area contributed by atoms with E-state index in [-0.39, 0.29) is 22.5 Å². The van der Waals surface area contributed by atoms with Crippen molar-refractivity contribution >= 4 is 21.7 Å². The van der Waals surface area contributed by atoms with Crippen LogP contribution in [0.4, 0.5) is 24.8 Å². The Bertz CT molecular complexity index is 990. The predicted octanol–water partition coefficient (Wildman–Crippen LogP) is 3.35. The Kier molecular flexibility index (Phi) is 6.11. The van der Waals surface area contributed by atoms with Crippen molar-refractivity contribution in [2.45, 2.75) is 36.8 Å². The number of benzene rings is 1. The molecule has 1 aliphatic heterocycles. The highest BCUT2D eigenvalue weighted by atomic mass is 32.2.